The first kappa shape index (κ1) is 21.7. The Labute approximate surface area is 189 Å². The number of carbonyl (C=O) groups excluding carboxylic acids is 1. The predicted octanol–water partition coefficient (Wildman–Crippen LogP) is 4.86. The third-order valence-corrected chi connectivity index (χ3v) is 6.63. The highest BCUT2D eigenvalue weighted by atomic mass is 19.4. The molecule has 0 radical (unpaired) electrons. The highest BCUT2D eigenvalue weighted by Gasteiger charge is 2.38. The number of oxazole rings is 1. The van der Waals surface area contributed by atoms with Crippen LogP contribution in [0, 0.1) is 5.92 Å². The van der Waals surface area contributed by atoms with Crippen molar-refractivity contribution >= 4 is 22.8 Å². The molecule has 0 saturated carbocycles. The van der Waals surface area contributed by atoms with Crippen molar-refractivity contribution in [3.63, 3.8) is 0 Å². The van der Waals surface area contributed by atoms with Gasteiger partial charge in [-0.1, -0.05) is 12.1 Å². The molecule has 0 N–H and O–H groups in total. The van der Waals surface area contributed by atoms with Crippen LogP contribution in [0.15, 0.2) is 47.0 Å². The van der Waals surface area contributed by atoms with E-state index in [0.29, 0.717) is 38.4 Å². The van der Waals surface area contributed by atoms with Gasteiger partial charge in [-0.25, -0.2) is 9.97 Å². The molecule has 5 rings (SSSR count). The van der Waals surface area contributed by atoms with E-state index in [0.717, 1.165) is 30.0 Å². The minimum atomic E-state index is -4.48. The molecule has 1 amide bonds. The normalized spacial score (nSPS) is 20.4. The molecule has 0 bridgehead atoms. The number of carbonyl (C=O) groups is 1. The monoisotopic (exact) mass is 458 g/mol. The lowest BCUT2D eigenvalue weighted by Gasteiger charge is -2.38. The fourth-order valence-electron chi connectivity index (χ4n) is 4.91. The number of hydrogen-bond acceptors (Lipinski definition) is 5. The molecule has 2 aliphatic heterocycles. The first-order valence-electron chi connectivity index (χ1n) is 11.3. The molecule has 2 aliphatic rings. The Bertz CT molecular complexity index is 1100. The second kappa shape index (κ2) is 8.68. The molecule has 174 valence electrons. The number of likely N-dealkylation sites (tertiary alicyclic amines) is 1. The number of hydrogen-bond donors (Lipinski definition) is 0. The molecule has 6 nitrogen and oxygen atoms in total. The summed E-state index contributed by atoms with van der Waals surface area (Å²) in [6, 6.07) is 9.98. The first-order chi connectivity index (χ1) is 15.9. The third kappa shape index (κ3) is 4.41. The number of rotatable bonds is 3. The molecule has 4 heterocycles. The second-order valence-electron chi connectivity index (χ2n) is 8.78. The maximum absolute atomic E-state index is 13.4. The third-order valence-electron chi connectivity index (χ3n) is 6.63. The van der Waals surface area contributed by atoms with Crippen LogP contribution in [0.25, 0.3) is 11.1 Å². The molecular weight excluding hydrogens is 433 g/mol. The van der Waals surface area contributed by atoms with Gasteiger partial charge >= 0.3 is 6.18 Å². The Morgan fingerprint density at radius 2 is 1.82 bits per heavy atom. The van der Waals surface area contributed by atoms with E-state index in [1.807, 2.05) is 29.2 Å². The molecule has 33 heavy (non-hydrogen) atoms. The smallest absolute Gasteiger partial charge is 0.419 e. The zero-order valence-electron chi connectivity index (χ0n) is 18.1. The van der Waals surface area contributed by atoms with E-state index < -0.39 is 11.7 Å². The van der Waals surface area contributed by atoms with Crippen molar-refractivity contribution in [2.75, 3.05) is 31.1 Å². The SMILES string of the molecule is O=C(C1CCCN(c2ncccc2C(F)(F)F)C1)N1CCC(c2nc3ccccc3o2)CC1. The first-order valence-corrected chi connectivity index (χ1v) is 11.3. The van der Waals surface area contributed by atoms with E-state index >= 15 is 0 Å². The number of pyridine rings is 1. The fourth-order valence-corrected chi connectivity index (χ4v) is 4.91. The number of alkyl halides is 3. The van der Waals surface area contributed by atoms with Gasteiger partial charge in [0.15, 0.2) is 11.5 Å². The number of fused-ring (bicyclic) bond motifs is 1. The summed E-state index contributed by atoms with van der Waals surface area (Å²) in [5.41, 5.74) is 0.847. The molecular formula is C24H25F3N4O2. The second-order valence-corrected chi connectivity index (χ2v) is 8.78. The van der Waals surface area contributed by atoms with E-state index in [1.165, 1.54) is 12.3 Å². The van der Waals surface area contributed by atoms with Gasteiger partial charge in [0.25, 0.3) is 0 Å². The van der Waals surface area contributed by atoms with Crippen LogP contribution in [0.2, 0.25) is 0 Å². The van der Waals surface area contributed by atoms with Crippen LogP contribution < -0.4 is 4.90 Å². The van der Waals surface area contributed by atoms with Gasteiger partial charge in [-0.05, 0) is 49.9 Å². The fraction of sp³-hybridized carbons (Fsp3) is 0.458. The molecule has 2 saturated heterocycles. The Hall–Kier alpha value is -3.10. The number of benzene rings is 1. The van der Waals surface area contributed by atoms with Crippen LogP contribution in [0.4, 0.5) is 19.0 Å². The van der Waals surface area contributed by atoms with Gasteiger partial charge < -0.3 is 14.2 Å². The predicted molar refractivity (Wildman–Crippen MR) is 117 cm³/mol. The summed E-state index contributed by atoms with van der Waals surface area (Å²) in [4.78, 5) is 25.3. The van der Waals surface area contributed by atoms with Crippen LogP contribution in [0.5, 0.6) is 0 Å². The van der Waals surface area contributed by atoms with E-state index in [4.69, 9.17) is 4.42 Å². The van der Waals surface area contributed by atoms with Gasteiger partial charge in [0, 0.05) is 38.3 Å². The van der Waals surface area contributed by atoms with Crippen molar-refractivity contribution < 1.29 is 22.4 Å². The maximum Gasteiger partial charge on any atom is 0.419 e. The van der Waals surface area contributed by atoms with Crippen LogP contribution in [-0.2, 0) is 11.0 Å². The van der Waals surface area contributed by atoms with Gasteiger partial charge in [-0.3, -0.25) is 4.79 Å². The van der Waals surface area contributed by atoms with E-state index in [9.17, 15) is 18.0 Å². The van der Waals surface area contributed by atoms with Crippen molar-refractivity contribution in [2.24, 2.45) is 5.92 Å². The number of para-hydroxylation sites is 2. The number of aromatic nitrogens is 2. The molecule has 9 heteroatoms. The van der Waals surface area contributed by atoms with Crippen molar-refractivity contribution in [2.45, 2.75) is 37.8 Å². The zero-order chi connectivity index (χ0) is 23.0. The number of halogens is 3. The lowest BCUT2D eigenvalue weighted by molar-refractivity contribution is -0.137. The van der Waals surface area contributed by atoms with E-state index in [-0.39, 0.29) is 30.1 Å². The number of piperidine rings is 2. The lowest BCUT2D eigenvalue weighted by atomic mass is 9.92. The average Bonchev–Trinajstić information content (AvgIpc) is 3.28. The van der Waals surface area contributed by atoms with Crippen molar-refractivity contribution in [1.29, 1.82) is 0 Å². The van der Waals surface area contributed by atoms with Gasteiger partial charge in [-0.2, -0.15) is 13.2 Å². The standard InChI is InChI=1S/C24H25F3N4O2/c25-24(26,27)18-6-3-11-28-21(18)31-12-4-5-17(15-31)23(32)30-13-9-16(10-14-30)22-29-19-7-1-2-8-20(19)33-22/h1-3,6-8,11,16-17H,4-5,9-10,12-15H2. The highest BCUT2D eigenvalue weighted by molar-refractivity contribution is 5.80. The quantitative estimate of drug-likeness (QED) is 0.561. The topological polar surface area (TPSA) is 62.5 Å². The molecule has 1 unspecified atom stereocenters. The van der Waals surface area contributed by atoms with Gasteiger partial charge in [0.2, 0.25) is 5.91 Å². The number of amides is 1. The summed E-state index contributed by atoms with van der Waals surface area (Å²) in [7, 11) is 0. The summed E-state index contributed by atoms with van der Waals surface area (Å²) in [5, 5.41) is 0. The summed E-state index contributed by atoms with van der Waals surface area (Å²) in [6.45, 7) is 1.90. The molecule has 0 spiro atoms. The Kier molecular flexibility index (Phi) is 5.72. The molecule has 2 aromatic heterocycles. The zero-order valence-corrected chi connectivity index (χ0v) is 18.1. The molecule has 0 aliphatic carbocycles. The molecule has 2 fully saturated rings. The summed E-state index contributed by atoms with van der Waals surface area (Å²) >= 11 is 0. The van der Waals surface area contributed by atoms with Gasteiger partial charge in [-0.15, -0.1) is 0 Å². The summed E-state index contributed by atoms with van der Waals surface area (Å²) in [6.07, 6.45) is -0.265. The Morgan fingerprint density at radius 3 is 2.58 bits per heavy atom. The van der Waals surface area contributed by atoms with Crippen LogP contribution in [0.3, 0.4) is 0 Å². The van der Waals surface area contributed by atoms with Crippen LogP contribution in [0.1, 0.15) is 43.1 Å². The average molecular weight is 458 g/mol. The lowest BCUT2D eigenvalue weighted by Crippen LogP contribution is -2.47. The minimum absolute atomic E-state index is 0.0141. The van der Waals surface area contributed by atoms with Crippen LogP contribution >= 0.6 is 0 Å². The van der Waals surface area contributed by atoms with Gasteiger partial charge in [0.1, 0.15) is 11.3 Å². The molecule has 1 aromatic carbocycles. The Balaban J connectivity index is 1.23. The summed E-state index contributed by atoms with van der Waals surface area (Å²) in [5.74, 6) is 0.467. The van der Waals surface area contributed by atoms with Crippen molar-refractivity contribution in [3.05, 3.63) is 54.0 Å². The number of anilines is 1. The molecule has 3 aromatic rings. The highest BCUT2D eigenvalue weighted by Crippen LogP contribution is 2.37. The largest absolute Gasteiger partial charge is 0.440 e. The molecule has 1 atom stereocenters. The van der Waals surface area contributed by atoms with E-state index in [1.54, 1.807) is 4.90 Å². The minimum Gasteiger partial charge on any atom is -0.440 e. The summed E-state index contributed by atoms with van der Waals surface area (Å²) < 4.78 is 46.2. The maximum atomic E-state index is 13.4. The van der Waals surface area contributed by atoms with E-state index in [2.05, 4.69) is 9.97 Å². The van der Waals surface area contributed by atoms with Crippen molar-refractivity contribution in [1.82, 2.24) is 14.9 Å². The number of nitrogens with zero attached hydrogens (tertiary/aromatic N) is 4. The Morgan fingerprint density at radius 1 is 1.03 bits per heavy atom. The van der Waals surface area contributed by atoms with Crippen molar-refractivity contribution in [3.8, 4) is 0 Å². The van der Waals surface area contributed by atoms with Gasteiger partial charge in [0.05, 0.1) is 11.5 Å². The van der Waals surface area contributed by atoms with Crippen LogP contribution in [-0.4, -0.2) is 47.0 Å².